The Bertz CT molecular complexity index is 1970. The molecule has 1 saturated heterocycles. The zero-order valence-corrected chi connectivity index (χ0v) is 31.2. The number of aliphatic hydroxyl groups is 1. The van der Waals surface area contributed by atoms with Gasteiger partial charge in [0.25, 0.3) is 0 Å². The van der Waals surface area contributed by atoms with E-state index < -0.39 is 51.4 Å². The van der Waals surface area contributed by atoms with Crippen LogP contribution in [0.3, 0.4) is 0 Å². The maximum atomic E-state index is 15.1. The molecule has 1 aromatic heterocycles. The first kappa shape index (κ1) is 37.7. The number of β-amino-alcohol motifs (C(OH)–C–C–N with tert-alkyl or cyclic N) is 1. The normalized spacial score (nSPS) is 16.6. The quantitative estimate of drug-likeness (QED) is 0.101. The molecule has 1 aliphatic rings. The molecule has 2 heterocycles. The molecule has 12 heteroatoms. The second kappa shape index (κ2) is 15.9. The van der Waals surface area contributed by atoms with Crippen molar-refractivity contribution >= 4 is 41.0 Å². The summed E-state index contributed by atoms with van der Waals surface area (Å²) >= 11 is 2.78. The van der Waals surface area contributed by atoms with Crippen LogP contribution in [-0.4, -0.2) is 67.5 Å². The van der Waals surface area contributed by atoms with Crippen molar-refractivity contribution in [3.63, 3.8) is 0 Å². The van der Waals surface area contributed by atoms with Crippen molar-refractivity contribution in [2.75, 3.05) is 6.54 Å². The van der Waals surface area contributed by atoms with Gasteiger partial charge in [-0.3, -0.25) is 9.59 Å². The molecule has 3 amide bonds. The number of hydrogen-bond acceptors (Lipinski definition) is 7. The average molecular weight is 753 g/mol. The Labute approximate surface area is 316 Å². The van der Waals surface area contributed by atoms with E-state index in [1.165, 1.54) is 34.1 Å². The molecule has 0 radical (unpaired) electrons. The largest absolute Gasteiger partial charge is 0.465 e. The van der Waals surface area contributed by atoms with Gasteiger partial charge in [0.2, 0.25) is 11.8 Å². The van der Waals surface area contributed by atoms with Gasteiger partial charge < -0.3 is 25.7 Å². The number of rotatable bonds is 12. The molecule has 1 aliphatic heterocycles. The highest BCUT2D eigenvalue weighted by atomic mass is 32.2. The third kappa shape index (κ3) is 8.00. The molecule has 5 aromatic rings. The lowest BCUT2D eigenvalue weighted by molar-refractivity contribution is -0.140. The van der Waals surface area contributed by atoms with Crippen LogP contribution in [0.4, 0.5) is 9.18 Å². The second-order valence-corrected chi connectivity index (χ2v) is 16.3. The molecule has 53 heavy (non-hydrogen) atoms. The van der Waals surface area contributed by atoms with Crippen LogP contribution in [0.25, 0.3) is 10.4 Å². The SMILES string of the molecule is Cc1ncsc1-c1ccc(CNC(=O)[C@@H]2C[C@@H](O)CN2C(=O)C(NC(=O)O)C(C)(C)SC(c2ccccc2)(c2ccccc2)c2ccccc2)cc1F. The lowest BCUT2D eigenvalue weighted by Crippen LogP contribution is -2.60. The predicted octanol–water partition coefficient (Wildman–Crippen LogP) is 6.98. The number of halogens is 1. The fourth-order valence-corrected chi connectivity index (χ4v) is 9.66. The van der Waals surface area contributed by atoms with E-state index in [0.717, 1.165) is 27.3 Å². The molecule has 0 aliphatic carbocycles. The van der Waals surface area contributed by atoms with Crippen molar-refractivity contribution in [2.45, 2.75) is 61.4 Å². The fraction of sp³-hybridized carbons (Fsp3) is 0.268. The van der Waals surface area contributed by atoms with E-state index in [0.29, 0.717) is 11.1 Å². The van der Waals surface area contributed by atoms with Gasteiger partial charge in [-0.25, -0.2) is 14.2 Å². The van der Waals surface area contributed by atoms with Crippen LogP contribution in [0, 0.1) is 12.7 Å². The molecule has 3 atom stereocenters. The first-order chi connectivity index (χ1) is 25.4. The van der Waals surface area contributed by atoms with Crippen LogP contribution in [0.2, 0.25) is 0 Å². The summed E-state index contributed by atoms with van der Waals surface area (Å²) in [4.78, 5) is 46.9. The second-order valence-electron chi connectivity index (χ2n) is 13.6. The first-order valence-corrected chi connectivity index (χ1v) is 18.9. The Balaban J connectivity index is 1.29. The number of nitrogens with zero attached hydrogens (tertiary/aromatic N) is 2. The number of carbonyl (C=O) groups is 3. The highest BCUT2D eigenvalue weighted by Gasteiger charge is 2.50. The molecule has 4 N–H and O–H groups in total. The maximum Gasteiger partial charge on any atom is 0.405 e. The van der Waals surface area contributed by atoms with Crippen LogP contribution < -0.4 is 10.6 Å². The number of aryl methyl sites for hydroxylation is 1. The van der Waals surface area contributed by atoms with E-state index in [4.69, 9.17) is 0 Å². The number of thioether (sulfide) groups is 1. The van der Waals surface area contributed by atoms with Crippen molar-refractivity contribution in [1.82, 2.24) is 20.5 Å². The topological polar surface area (TPSA) is 132 Å². The Hall–Kier alpha value is -5.04. The van der Waals surface area contributed by atoms with Gasteiger partial charge in [0, 0.05) is 29.8 Å². The van der Waals surface area contributed by atoms with Gasteiger partial charge in [0.1, 0.15) is 17.9 Å². The maximum absolute atomic E-state index is 15.1. The molecule has 0 spiro atoms. The summed E-state index contributed by atoms with van der Waals surface area (Å²) in [7, 11) is 0. The summed E-state index contributed by atoms with van der Waals surface area (Å²) in [6, 6.07) is 31.9. The Morgan fingerprint density at radius 3 is 2.00 bits per heavy atom. The molecule has 1 unspecified atom stereocenters. The first-order valence-electron chi connectivity index (χ1n) is 17.2. The van der Waals surface area contributed by atoms with E-state index in [1.54, 1.807) is 17.6 Å². The van der Waals surface area contributed by atoms with Crippen molar-refractivity contribution in [3.05, 3.63) is 148 Å². The Kier molecular flexibility index (Phi) is 11.3. The molecule has 0 saturated carbocycles. The zero-order chi connectivity index (χ0) is 37.8. The minimum absolute atomic E-state index is 0.0156. The van der Waals surface area contributed by atoms with Gasteiger partial charge >= 0.3 is 6.09 Å². The third-order valence-corrected chi connectivity index (χ3v) is 12.3. The van der Waals surface area contributed by atoms with Crippen molar-refractivity contribution in [2.24, 2.45) is 0 Å². The lowest BCUT2D eigenvalue weighted by atomic mass is 9.84. The Morgan fingerprint density at radius 1 is 0.943 bits per heavy atom. The minimum Gasteiger partial charge on any atom is -0.465 e. The van der Waals surface area contributed by atoms with Crippen LogP contribution in [0.5, 0.6) is 0 Å². The van der Waals surface area contributed by atoms with Crippen molar-refractivity contribution in [3.8, 4) is 10.4 Å². The van der Waals surface area contributed by atoms with Gasteiger partial charge in [-0.15, -0.1) is 23.1 Å². The van der Waals surface area contributed by atoms with Crippen LogP contribution in [0.1, 0.15) is 48.2 Å². The van der Waals surface area contributed by atoms with E-state index >= 15 is 4.39 Å². The summed E-state index contributed by atoms with van der Waals surface area (Å²) in [5.74, 6) is -1.62. The highest BCUT2D eigenvalue weighted by Crippen LogP contribution is 2.54. The minimum atomic E-state index is -1.40. The van der Waals surface area contributed by atoms with E-state index in [1.807, 2.05) is 112 Å². The lowest BCUT2D eigenvalue weighted by Gasteiger charge is -2.44. The fourth-order valence-electron chi connectivity index (χ4n) is 7.00. The summed E-state index contributed by atoms with van der Waals surface area (Å²) in [5.41, 5.74) is 6.10. The van der Waals surface area contributed by atoms with Crippen molar-refractivity contribution < 1.29 is 29.0 Å². The summed E-state index contributed by atoms with van der Waals surface area (Å²) in [6.45, 7) is 5.26. The molecular weight excluding hydrogens is 712 g/mol. The average Bonchev–Trinajstić information content (AvgIpc) is 3.77. The van der Waals surface area contributed by atoms with E-state index in [-0.39, 0.29) is 19.5 Å². The highest BCUT2D eigenvalue weighted by molar-refractivity contribution is 8.02. The zero-order valence-electron chi connectivity index (χ0n) is 29.5. The van der Waals surface area contributed by atoms with E-state index in [9.17, 15) is 24.6 Å². The Morgan fingerprint density at radius 2 is 1.51 bits per heavy atom. The van der Waals surface area contributed by atoms with Gasteiger partial charge in [-0.05, 0) is 49.1 Å². The molecule has 274 valence electrons. The van der Waals surface area contributed by atoms with Crippen LogP contribution in [-0.2, 0) is 20.9 Å². The number of likely N-dealkylation sites (tertiary alicyclic amines) is 1. The third-order valence-electron chi connectivity index (χ3n) is 9.52. The monoisotopic (exact) mass is 752 g/mol. The van der Waals surface area contributed by atoms with Gasteiger partial charge in [0.05, 0.1) is 26.9 Å². The molecule has 6 rings (SSSR count). The predicted molar refractivity (Wildman–Crippen MR) is 206 cm³/mol. The van der Waals surface area contributed by atoms with Crippen molar-refractivity contribution in [1.29, 1.82) is 0 Å². The molecule has 0 bridgehead atoms. The number of hydrogen-bond donors (Lipinski definition) is 4. The molecule has 4 aromatic carbocycles. The molecule has 9 nitrogen and oxygen atoms in total. The number of aliphatic hydroxyl groups excluding tert-OH is 1. The summed E-state index contributed by atoms with van der Waals surface area (Å²) in [5, 5.41) is 26.1. The number of thiazole rings is 1. The molecule has 1 fully saturated rings. The van der Waals surface area contributed by atoms with Gasteiger partial charge in [0.15, 0.2) is 0 Å². The van der Waals surface area contributed by atoms with Gasteiger partial charge in [-0.2, -0.15) is 0 Å². The number of carboxylic acid groups (broad SMARTS) is 1. The van der Waals surface area contributed by atoms with Gasteiger partial charge in [-0.1, -0.05) is 103 Å². The number of carbonyl (C=O) groups excluding carboxylic acids is 2. The summed E-state index contributed by atoms with van der Waals surface area (Å²) in [6.07, 6.45) is -2.45. The van der Waals surface area contributed by atoms with E-state index in [2.05, 4.69) is 15.6 Å². The number of aromatic nitrogens is 1. The van der Waals surface area contributed by atoms with Crippen LogP contribution >= 0.6 is 23.1 Å². The standard InChI is InChI=1S/C41H41FN4O5S2/c1-26-35(52-25-44-26)32-20-19-27(21-33(32)42)23-43-37(48)34-22-31(47)24-46(34)38(49)36(45-39(50)51)40(2,3)53-41(28-13-7-4-8-14-28,29-15-9-5-10-16-29)30-17-11-6-12-18-30/h4-21,25,31,34,36,45,47H,22-24H2,1-3H3,(H,43,48)(H,50,51)/t31-,34+,36?/m1/s1. The number of nitrogens with one attached hydrogen (secondary N) is 2. The van der Waals surface area contributed by atoms with Crippen LogP contribution in [0.15, 0.2) is 115 Å². The summed E-state index contributed by atoms with van der Waals surface area (Å²) < 4.78 is 13.1. The number of amides is 3. The molecular formula is C41H41FN4O5S2. The smallest absolute Gasteiger partial charge is 0.405 e. The number of benzene rings is 4.